The summed E-state index contributed by atoms with van der Waals surface area (Å²) in [5, 5.41) is 11.9. The van der Waals surface area contributed by atoms with E-state index in [9.17, 15) is 0 Å². The van der Waals surface area contributed by atoms with E-state index in [2.05, 4.69) is 5.32 Å². The fourth-order valence-corrected chi connectivity index (χ4v) is 1.58. The Hall–Kier alpha value is -1.26. The van der Waals surface area contributed by atoms with Gasteiger partial charge in [0, 0.05) is 12.6 Å². The summed E-state index contributed by atoms with van der Waals surface area (Å²) in [4.78, 5) is 0. The zero-order chi connectivity index (χ0) is 10.7. The Balaban J connectivity index is 2.08. The van der Waals surface area contributed by atoms with Gasteiger partial charge in [-0.25, -0.2) is 0 Å². The molecule has 0 aromatic heterocycles. The van der Waals surface area contributed by atoms with Gasteiger partial charge < -0.3 is 19.9 Å². The highest BCUT2D eigenvalue weighted by Crippen LogP contribution is 2.33. The number of benzene rings is 1. The highest BCUT2D eigenvalue weighted by molar-refractivity contribution is 5.45. The van der Waals surface area contributed by atoms with Crippen LogP contribution in [0.3, 0.4) is 0 Å². The molecule has 82 valence electrons. The molecule has 0 spiro atoms. The summed E-state index contributed by atoms with van der Waals surface area (Å²) in [6.45, 7) is 3.09. The highest BCUT2D eigenvalue weighted by atomic mass is 16.7. The molecule has 1 aromatic carbocycles. The van der Waals surface area contributed by atoms with Crippen molar-refractivity contribution in [3.63, 3.8) is 0 Å². The van der Waals surface area contributed by atoms with Crippen LogP contribution in [0.15, 0.2) is 18.2 Å². The maximum absolute atomic E-state index is 8.71. The molecule has 0 radical (unpaired) electrons. The molecule has 1 aliphatic rings. The average molecular weight is 209 g/mol. The van der Waals surface area contributed by atoms with Gasteiger partial charge in [-0.2, -0.15) is 0 Å². The average Bonchev–Trinajstić information content (AvgIpc) is 2.72. The van der Waals surface area contributed by atoms with E-state index in [4.69, 9.17) is 14.6 Å². The standard InChI is InChI=1S/C11H15NO3/c1-8(12-4-5-13)9-2-3-10-11(6-9)15-7-14-10/h2-3,6,8,12-13H,4-5,7H2,1H3/t8-/m1/s1. The van der Waals surface area contributed by atoms with Gasteiger partial charge in [-0.15, -0.1) is 0 Å². The van der Waals surface area contributed by atoms with Gasteiger partial charge in [-0.05, 0) is 24.6 Å². The maximum atomic E-state index is 8.71. The van der Waals surface area contributed by atoms with E-state index in [1.165, 1.54) is 0 Å². The van der Waals surface area contributed by atoms with E-state index >= 15 is 0 Å². The van der Waals surface area contributed by atoms with Crippen LogP contribution >= 0.6 is 0 Å². The van der Waals surface area contributed by atoms with Crippen LogP contribution in [0.25, 0.3) is 0 Å². The smallest absolute Gasteiger partial charge is 0.231 e. The third-order valence-corrected chi connectivity index (χ3v) is 2.46. The molecule has 1 aromatic rings. The van der Waals surface area contributed by atoms with Crippen molar-refractivity contribution in [1.29, 1.82) is 0 Å². The molecule has 2 rings (SSSR count). The lowest BCUT2D eigenvalue weighted by Crippen LogP contribution is -2.21. The van der Waals surface area contributed by atoms with E-state index in [1.807, 2.05) is 25.1 Å². The number of ether oxygens (including phenoxy) is 2. The quantitative estimate of drug-likeness (QED) is 0.778. The number of aliphatic hydroxyl groups excluding tert-OH is 1. The molecule has 0 bridgehead atoms. The van der Waals surface area contributed by atoms with Crippen LogP contribution in [0.1, 0.15) is 18.5 Å². The van der Waals surface area contributed by atoms with Gasteiger partial charge >= 0.3 is 0 Å². The third-order valence-electron chi connectivity index (χ3n) is 2.46. The van der Waals surface area contributed by atoms with Crippen LogP contribution in [-0.4, -0.2) is 25.1 Å². The van der Waals surface area contributed by atoms with E-state index in [0.29, 0.717) is 13.3 Å². The molecule has 1 heterocycles. The molecule has 4 heteroatoms. The Morgan fingerprint density at radius 1 is 1.40 bits per heavy atom. The summed E-state index contributed by atoms with van der Waals surface area (Å²) in [5.74, 6) is 1.60. The molecule has 15 heavy (non-hydrogen) atoms. The first-order valence-electron chi connectivity index (χ1n) is 5.05. The van der Waals surface area contributed by atoms with Crippen LogP contribution in [0.2, 0.25) is 0 Å². The molecule has 0 aliphatic carbocycles. The maximum Gasteiger partial charge on any atom is 0.231 e. The van der Waals surface area contributed by atoms with Crippen molar-refractivity contribution in [2.24, 2.45) is 0 Å². The van der Waals surface area contributed by atoms with Gasteiger partial charge in [-0.1, -0.05) is 6.07 Å². The number of hydrogen-bond donors (Lipinski definition) is 2. The number of aliphatic hydroxyl groups is 1. The summed E-state index contributed by atoms with van der Waals surface area (Å²) in [7, 11) is 0. The lowest BCUT2D eigenvalue weighted by Gasteiger charge is -2.13. The molecule has 0 fully saturated rings. The van der Waals surface area contributed by atoms with Crippen LogP contribution < -0.4 is 14.8 Å². The van der Waals surface area contributed by atoms with Crippen LogP contribution in [0.5, 0.6) is 11.5 Å². The number of fused-ring (bicyclic) bond motifs is 1. The molecule has 0 saturated heterocycles. The van der Waals surface area contributed by atoms with Gasteiger partial charge in [0.05, 0.1) is 6.61 Å². The van der Waals surface area contributed by atoms with Gasteiger partial charge in [0.15, 0.2) is 11.5 Å². The van der Waals surface area contributed by atoms with Gasteiger partial charge in [0.1, 0.15) is 0 Å². The van der Waals surface area contributed by atoms with Gasteiger partial charge in [0.25, 0.3) is 0 Å². The van der Waals surface area contributed by atoms with E-state index in [-0.39, 0.29) is 12.6 Å². The van der Waals surface area contributed by atoms with E-state index < -0.39 is 0 Å². The fraction of sp³-hybridized carbons (Fsp3) is 0.455. The summed E-state index contributed by atoms with van der Waals surface area (Å²) >= 11 is 0. The molecule has 1 atom stereocenters. The predicted molar refractivity (Wildman–Crippen MR) is 56.1 cm³/mol. The minimum atomic E-state index is 0.148. The van der Waals surface area contributed by atoms with Gasteiger partial charge in [0.2, 0.25) is 6.79 Å². The van der Waals surface area contributed by atoms with E-state index in [0.717, 1.165) is 17.1 Å². The number of rotatable bonds is 4. The third kappa shape index (κ3) is 2.22. The van der Waals surface area contributed by atoms with Crippen LogP contribution in [0.4, 0.5) is 0 Å². The van der Waals surface area contributed by atoms with E-state index in [1.54, 1.807) is 0 Å². The lowest BCUT2D eigenvalue weighted by atomic mass is 10.1. The summed E-state index contributed by atoms with van der Waals surface area (Å²) < 4.78 is 10.5. The zero-order valence-electron chi connectivity index (χ0n) is 8.69. The van der Waals surface area contributed by atoms with Crippen LogP contribution in [-0.2, 0) is 0 Å². The molecule has 0 saturated carbocycles. The Morgan fingerprint density at radius 3 is 3.00 bits per heavy atom. The fourth-order valence-electron chi connectivity index (χ4n) is 1.58. The van der Waals surface area contributed by atoms with Gasteiger partial charge in [-0.3, -0.25) is 0 Å². The second-order valence-corrected chi connectivity index (χ2v) is 3.51. The lowest BCUT2D eigenvalue weighted by molar-refractivity contribution is 0.174. The minimum Gasteiger partial charge on any atom is -0.454 e. The molecular formula is C11H15NO3. The first-order chi connectivity index (χ1) is 7.31. The molecule has 1 aliphatic heterocycles. The Labute approximate surface area is 88.8 Å². The summed E-state index contributed by atoms with van der Waals surface area (Å²) in [6, 6.07) is 6.08. The zero-order valence-corrected chi connectivity index (χ0v) is 8.69. The van der Waals surface area contributed by atoms with Crippen molar-refractivity contribution in [3.8, 4) is 11.5 Å². The number of nitrogens with one attached hydrogen (secondary N) is 1. The Kier molecular flexibility index (Phi) is 3.08. The largest absolute Gasteiger partial charge is 0.454 e. The first-order valence-corrected chi connectivity index (χ1v) is 5.05. The monoisotopic (exact) mass is 209 g/mol. The van der Waals surface area contributed by atoms with Crippen molar-refractivity contribution in [2.75, 3.05) is 19.9 Å². The second-order valence-electron chi connectivity index (χ2n) is 3.51. The first kappa shape index (κ1) is 10.3. The number of hydrogen-bond acceptors (Lipinski definition) is 4. The Bertz CT molecular complexity index is 341. The molecule has 4 nitrogen and oxygen atoms in total. The van der Waals surface area contributed by atoms with Crippen molar-refractivity contribution in [3.05, 3.63) is 23.8 Å². The van der Waals surface area contributed by atoms with Crippen molar-refractivity contribution < 1.29 is 14.6 Å². The SMILES string of the molecule is C[C@@H](NCCO)c1ccc2c(c1)OCO2. The second kappa shape index (κ2) is 4.51. The van der Waals surface area contributed by atoms with Crippen LogP contribution in [0, 0.1) is 0 Å². The van der Waals surface area contributed by atoms with Crippen molar-refractivity contribution >= 4 is 0 Å². The van der Waals surface area contributed by atoms with Crippen molar-refractivity contribution in [1.82, 2.24) is 5.32 Å². The summed E-state index contributed by atoms with van der Waals surface area (Å²) in [5.41, 5.74) is 1.13. The topological polar surface area (TPSA) is 50.7 Å². The summed E-state index contributed by atoms with van der Waals surface area (Å²) in [6.07, 6.45) is 0. The predicted octanol–water partition coefficient (Wildman–Crippen LogP) is 1.06. The Morgan fingerprint density at radius 2 is 2.20 bits per heavy atom. The minimum absolute atomic E-state index is 0.148. The molecule has 0 amide bonds. The van der Waals surface area contributed by atoms with Crippen molar-refractivity contribution in [2.45, 2.75) is 13.0 Å². The molecule has 0 unspecified atom stereocenters. The molecule has 2 N–H and O–H groups in total. The molecular weight excluding hydrogens is 194 g/mol. The normalized spacial score (nSPS) is 15.3. The highest BCUT2D eigenvalue weighted by Gasteiger charge is 2.15.